The van der Waals surface area contributed by atoms with E-state index in [-0.39, 0.29) is 6.04 Å². The third-order valence-corrected chi connectivity index (χ3v) is 3.24. The molecule has 1 aromatic heterocycles. The van der Waals surface area contributed by atoms with Crippen molar-refractivity contribution in [2.75, 3.05) is 20.8 Å². The predicted octanol–water partition coefficient (Wildman–Crippen LogP) is 2.81. The van der Waals surface area contributed by atoms with E-state index in [9.17, 15) is 0 Å². The van der Waals surface area contributed by atoms with Gasteiger partial charge in [0.15, 0.2) is 0 Å². The molecule has 1 unspecified atom stereocenters. The molecule has 0 aliphatic heterocycles. The number of rotatable bonds is 7. The van der Waals surface area contributed by atoms with E-state index in [1.807, 2.05) is 19.1 Å². The molecule has 0 spiro atoms. The van der Waals surface area contributed by atoms with Crippen molar-refractivity contribution in [3.63, 3.8) is 0 Å². The normalized spacial score (nSPS) is 12.2. The summed E-state index contributed by atoms with van der Waals surface area (Å²) >= 11 is 0. The first-order chi connectivity index (χ1) is 10.2. The summed E-state index contributed by atoms with van der Waals surface area (Å²) in [6.07, 6.45) is 0.884. The van der Waals surface area contributed by atoms with Gasteiger partial charge in [-0.1, -0.05) is 13.8 Å². The first-order valence-corrected chi connectivity index (χ1v) is 7.02. The zero-order valence-electron chi connectivity index (χ0n) is 12.8. The second-order valence-corrected chi connectivity index (χ2v) is 4.53. The third kappa shape index (κ3) is 3.33. The van der Waals surface area contributed by atoms with Crippen LogP contribution >= 0.6 is 0 Å². The van der Waals surface area contributed by atoms with Crippen molar-refractivity contribution in [2.24, 2.45) is 0 Å². The number of benzene rings is 1. The highest BCUT2D eigenvalue weighted by Crippen LogP contribution is 2.33. The zero-order chi connectivity index (χ0) is 15.2. The average molecular weight is 291 g/mol. The molecule has 2 rings (SSSR count). The Morgan fingerprint density at radius 1 is 1.19 bits per heavy atom. The van der Waals surface area contributed by atoms with Gasteiger partial charge in [-0.25, -0.2) is 0 Å². The first kappa shape index (κ1) is 15.3. The minimum atomic E-state index is 0.0699. The fourth-order valence-electron chi connectivity index (χ4n) is 2.11. The standard InChI is InChI=1S/C15H21N3O3/c1-5-12(16-6-2)15-18-17-14(21-15)11-8-7-10(19-3)9-13(11)20-4/h7-9,12,16H,5-6H2,1-4H3. The summed E-state index contributed by atoms with van der Waals surface area (Å²) in [6, 6.07) is 5.55. The van der Waals surface area contributed by atoms with E-state index in [4.69, 9.17) is 13.9 Å². The summed E-state index contributed by atoms with van der Waals surface area (Å²) in [7, 11) is 3.21. The zero-order valence-corrected chi connectivity index (χ0v) is 12.8. The maximum absolute atomic E-state index is 5.79. The summed E-state index contributed by atoms with van der Waals surface area (Å²) in [6.45, 7) is 4.97. The summed E-state index contributed by atoms with van der Waals surface area (Å²) in [5.41, 5.74) is 0.753. The van der Waals surface area contributed by atoms with Crippen LogP contribution in [0.4, 0.5) is 0 Å². The molecule has 6 heteroatoms. The fourth-order valence-corrected chi connectivity index (χ4v) is 2.11. The Morgan fingerprint density at radius 2 is 2.00 bits per heavy atom. The van der Waals surface area contributed by atoms with Crippen molar-refractivity contribution >= 4 is 0 Å². The molecular weight excluding hydrogens is 270 g/mol. The van der Waals surface area contributed by atoms with Crippen LogP contribution in [0.25, 0.3) is 11.5 Å². The molecule has 114 valence electrons. The number of nitrogens with zero attached hydrogens (tertiary/aromatic N) is 2. The van der Waals surface area contributed by atoms with Gasteiger partial charge in [-0.05, 0) is 25.1 Å². The molecule has 0 aliphatic carbocycles. The molecular formula is C15H21N3O3. The van der Waals surface area contributed by atoms with Crippen LogP contribution in [0.15, 0.2) is 22.6 Å². The second kappa shape index (κ2) is 7.08. The Labute approximate surface area is 124 Å². The number of ether oxygens (including phenoxy) is 2. The minimum absolute atomic E-state index is 0.0699. The minimum Gasteiger partial charge on any atom is -0.497 e. The lowest BCUT2D eigenvalue weighted by molar-refractivity contribution is 0.389. The van der Waals surface area contributed by atoms with E-state index < -0.39 is 0 Å². The molecule has 2 aromatic rings. The van der Waals surface area contributed by atoms with E-state index >= 15 is 0 Å². The summed E-state index contributed by atoms with van der Waals surface area (Å²) < 4.78 is 16.3. The van der Waals surface area contributed by atoms with Gasteiger partial charge >= 0.3 is 0 Å². The van der Waals surface area contributed by atoms with Crippen LogP contribution in [0.3, 0.4) is 0 Å². The Morgan fingerprint density at radius 3 is 2.62 bits per heavy atom. The van der Waals surface area contributed by atoms with E-state index in [1.54, 1.807) is 20.3 Å². The second-order valence-electron chi connectivity index (χ2n) is 4.53. The van der Waals surface area contributed by atoms with Gasteiger partial charge in [-0.2, -0.15) is 0 Å². The van der Waals surface area contributed by atoms with Crippen LogP contribution in [0, 0.1) is 0 Å². The number of hydrogen-bond acceptors (Lipinski definition) is 6. The molecule has 0 fully saturated rings. The molecule has 1 aromatic carbocycles. The fraction of sp³-hybridized carbons (Fsp3) is 0.467. The van der Waals surface area contributed by atoms with Crippen molar-refractivity contribution in [3.05, 3.63) is 24.1 Å². The largest absolute Gasteiger partial charge is 0.497 e. The highest BCUT2D eigenvalue weighted by molar-refractivity contribution is 5.64. The van der Waals surface area contributed by atoms with Gasteiger partial charge in [0, 0.05) is 6.07 Å². The molecule has 0 radical (unpaired) electrons. The van der Waals surface area contributed by atoms with E-state index in [1.165, 1.54) is 0 Å². The number of nitrogens with one attached hydrogen (secondary N) is 1. The average Bonchev–Trinajstić information content (AvgIpc) is 3.01. The van der Waals surface area contributed by atoms with Crippen LogP contribution in [0.2, 0.25) is 0 Å². The van der Waals surface area contributed by atoms with Crippen LogP contribution in [0.1, 0.15) is 32.2 Å². The molecule has 1 heterocycles. The molecule has 21 heavy (non-hydrogen) atoms. The molecule has 0 bridgehead atoms. The van der Waals surface area contributed by atoms with Gasteiger partial charge in [-0.15, -0.1) is 10.2 Å². The van der Waals surface area contributed by atoms with Crippen molar-refractivity contribution < 1.29 is 13.9 Å². The first-order valence-electron chi connectivity index (χ1n) is 7.02. The molecule has 1 atom stereocenters. The van der Waals surface area contributed by atoms with Crippen LogP contribution < -0.4 is 14.8 Å². The molecule has 1 N–H and O–H groups in total. The van der Waals surface area contributed by atoms with Gasteiger partial charge in [0.05, 0.1) is 25.8 Å². The monoisotopic (exact) mass is 291 g/mol. The molecule has 6 nitrogen and oxygen atoms in total. The highest BCUT2D eigenvalue weighted by Gasteiger charge is 2.19. The van der Waals surface area contributed by atoms with Crippen molar-refractivity contribution in [1.29, 1.82) is 0 Å². The SMILES string of the molecule is CCNC(CC)c1nnc(-c2ccc(OC)cc2OC)o1. The smallest absolute Gasteiger partial charge is 0.251 e. The van der Waals surface area contributed by atoms with Crippen LogP contribution in [0.5, 0.6) is 11.5 Å². The summed E-state index contributed by atoms with van der Waals surface area (Å²) in [5.74, 6) is 2.39. The number of hydrogen-bond donors (Lipinski definition) is 1. The Bertz CT molecular complexity index is 583. The maximum atomic E-state index is 5.79. The third-order valence-electron chi connectivity index (χ3n) is 3.24. The lowest BCUT2D eigenvalue weighted by Crippen LogP contribution is -2.20. The number of aromatic nitrogens is 2. The lowest BCUT2D eigenvalue weighted by Gasteiger charge is -2.10. The van der Waals surface area contributed by atoms with Gasteiger partial charge in [0.25, 0.3) is 5.89 Å². The molecule has 0 aliphatic rings. The molecule has 0 amide bonds. The predicted molar refractivity (Wildman–Crippen MR) is 79.5 cm³/mol. The Hall–Kier alpha value is -2.08. The van der Waals surface area contributed by atoms with Crippen LogP contribution in [-0.2, 0) is 0 Å². The molecule has 0 saturated carbocycles. The van der Waals surface area contributed by atoms with E-state index in [2.05, 4.69) is 22.4 Å². The summed E-state index contributed by atoms with van der Waals surface area (Å²) in [4.78, 5) is 0. The van der Waals surface area contributed by atoms with Crippen molar-refractivity contribution in [2.45, 2.75) is 26.3 Å². The number of methoxy groups -OCH3 is 2. The van der Waals surface area contributed by atoms with Gasteiger partial charge in [0.1, 0.15) is 11.5 Å². The quantitative estimate of drug-likeness (QED) is 0.846. The Kier molecular flexibility index (Phi) is 5.16. The topological polar surface area (TPSA) is 69.4 Å². The van der Waals surface area contributed by atoms with E-state index in [0.29, 0.717) is 17.5 Å². The van der Waals surface area contributed by atoms with Gasteiger partial charge in [0.2, 0.25) is 5.89 Å². The van der Waals surface area contributed by atoms with Crippen molar-refractivity contribution in [3.8, 4) is 23.0 Å². The lowest BCUT2D eigenvalue weighted by atomic mass is 10.2. The van der Waals surface area contributed by atoms with Gasteiger partial charge in [-0.3, -0.25) is 0 Å². The van der Waals surface area contributed by atoms with Gasteiger partial charge < -0.3 is 19.2 Å². The molecule has 0 saturated heterocycles. The Balaban J connectivity index is 2.32. The summed E-state index contributed by atoms with van der Waals surface area (Å²) in [5, 5.41) is 11.6. The van der Waals surface area contributed by atoms with Crippen molar-refractivity contribution in [1.82, 2.24) is 15.5 Å². The van der Waals surface area contributed by atoms with Crippen LogP contribution in [-0.4, -0.2) is 31.0 Å². The highest BCUT2D eigenvalue weighted by atomic mass is 16.5. The maximum Gasteiger partial charge on any atom is 0.251 e. The van der Waals surface area contributed by atoms with E-state index in [0.717, 1.165) is 24.3 Å².